The monoisotopic (exact) mass is 363 g/mol. The summed E-state index contributed by atoms with van der Waals surface area (Å²) in [6.45, 7) is 3.85. The standard InChI is InChI=1S/C16H14BrNO2S/c1-9-4-5-13(20-3)11(6-9)12(8-18)15(19)14-7-10(2)16(17)21-14/h4-7,12H,1-3H3. The normalized spacial score (nSPS) is 11.8. The van der Waals surface area contributed by atoms with Crippen molar-refractivity contribution in [1.82, 2.24) is 0 Å². The van der Waals surface area contributed by atoms with Crippen molar-refractivity contribution in [3.8, 4) is 11.8 Å². The summed E-state index contributed by atoms with van der Waals surface area (Å²) in [6, 6.07) is 9.44. The highest BCUT2D eigenvalue weighted by Crippen LogP contribution is 2.34. The molecule has 3 nitrogen and oxygen atoms in total. The van der Waals surface area contributed by atoms with Gasteiger partial charge in [0, 0.05) is 5.56 Å². The van der Waals surface area contributed by atoms with Crippen LogP contribution in [0.5, 0.6) is 5.75 Å². The maximum Gasteiger partial charge on any atom is 0.194 e. The third kappa shape index (κ3) is 3.17. The van der Waals surface area contributed by atoms with Crippen LogP contribution in [0.1, 0.15) is 32.3 Å². The van der Waals surface area contributed by atoms with Gasteiger partial charge in [-0.15, -0.1) is 11.3 Å². The molecule has 108 valence electrons. The summed E-state index contributed by atoms with van der Waals surface area (Å²) in [7, 11) is 1.54. The van der Waals surface area contributed by atoms with Gasteiger partial charge in [-0.3, -0.25) is 4.79 Å². The molecular formula is C16H14BrNO2S. The number of rotatable bonds is 4. The predicted molar refractivity (Wildman–Crippen MR) is 87.2 cm³/mol. The lowest BCUT2D eigenvalue weighted by atomic mass is 9.93. The van der Waals surface area contributed by atoms with Crippen molar-refractivity contribution in [2.75, 3.05) is 7.11 Å². The molecule has 2 aromatic rings. The number of ketones is 1. The second kappa shape index (κ2) is 6.42. The smallest absolute Gasteiger partial charge is 0.194 e. The molecule has 1 heterocycles. The molecule has 1 unspecified atom stereocenters. The number of nitriles is 1. The minimum atomic E-state index is -0.857. The lowest BCUT2D eigenvalue weighted by Crippen LogP contribution is -2.11. The van der Waals surface area contributed by atoms with Crippen LogP contribution in [-0.2, 0) is 0 Å². The quantitative estimate of drug-likeness (QED) is 0.744. The number of hydrogen-bond donors (Lipinski definition) is 0. The Morgan fingerprint density at radius 1 is 1.38 bits per heavy atom. The molecule has 0 radical (unpaired) electrons. The highest BCUT2D eigenvalue weighted by atomic mass is 79.9. The van der Waals surface area contributed by atoms with E-state index in [9.17, 15) is 10.1 Å². The molecule has 0 saturated carbocycles. The number of halogens is 1. The van der Waals surface area contributed by atoms with Crippen molar-refractivity contribution in [3.05, 3.63) is 49.6 Å². The van der Waals surface area contributed by atoms with E-state index in [1.807, 2.05) is 32.0 Å². The van der Waals surface area contributed by atoms with Crippen molar-refractivity contribution in [2.45, 2.75) is 19.8 Å². The molecular weight excluding hydrogens is 350 g/mol. The summed E-state index contributed by atoms with van der Waals surface area (Å²) in [5, 5.41) is 9.46. The van der Waals surface area contributed by atoms with Gasteiger partial charge >= 0.3 is 0 Å². The first kappa shape index (κ1) is 15.7. The van der Waals surface area contributed by atoms with Crippen molar-refractivity contribution in [3.63, 3.8) is 0 Å². The first-order valence-corrected chi connectivity index (χ1v) is 7.93. The van der Waals surface area contributed by atoms with Gasteiger partial charge in [-0.2, -0.15) is 5.26 Å². The Morgan fingerprint density at radius 2 is 2.10 bits per heavy atom. The maximum absolute atomic E-state index is 12.6. The third-order valence-electron chi connectivity index (χ3n) is 3.19. The van der Waals surface area contributed by atoms with E-state index < -0.39 is 5.92 Å². The molecule has 5 heteroatoms. The second-order valence-corrected chi connectivity index (χ2v) is 7.11. The Balaban J connectivity index is 2.47. The minimum Gasteiger partial charge on any atom is -0.496 e. The Bertz CT molecular complexity index is 711. The lowest BCUT2D eigenvalue weighted by molar-refractivity contribution is 0.0981. The average molecular weight is 364 g/mol. The number of Topliss-reactive ketones (excluding diaryl/α,β-unsaturated/α-hetero) is 1. The van der Waals surface area contributed by atoms with Crippen molar-refractivity contribution >= 4 is 33.0 Å². The number of hydrogen-bond acceptors (Lipinski definition) is 4. The summed E-state index contributed by atoms with van der Waals surface area (Å²) in [4.78, 5) is 13.2. The third-order valence-corrected chi connectivity index (χ3v) is 5.34. The molecule has 21 heavy (non-hydrogen) atoms. The van der Waals surface area contributed by atoms with E-state index in [4.69, 9.17) is 4.74 Å². The van der Waals surface area contributed by atoms with Crippen LogP contribution in [0.3, 0.4) is 0 Å². The molecule has 0 saturated heterocycles. The molecule has 0 aliphatic rings. The van der Waals surface area contributed by atoms with E-state index in [0.29, 0.717) is 16.2 Å². The van der Waals surface area contributed by atoms with Gasteiger partial charge < -0.3 is 4.74 Å². The maximum atomic E-state index is 12.6. The van der Waals surface area contributed by atoms with E-state index in [1.54, 1.807) is 13.2 Å². The van der Waals surface area contributed by atoms with Crippen LogP contribution in [0.25, 0.3) is 0 Å². The van der Waals surface area contributed by atoms with Crippen molar-refractivity contribution < 1.29 is 9.53 Å². The Hall–Kier alpha value is -1.64. The van der Waals surface area contributed by atoms with Crippen LogP contribution in [-0.4, -0.2) is 12.9 Å². The molecule has 0 fully saturated rings. The number of benzene rings is 1. The van der Waals surface area contributed by atoms with E-state index in [1.165, 1.54) is 11.3 Å². The SMILES string of the molecule is COc1ccc(C)cc1C(C#N)C(=O)c1cc(C)c(Br)s1. The molecule has 0 bridgehead atoms. The van der Waals surface area contributed by atoms with Gasteiger partial charge in [0.05, 0.1) is 21.8 Å². The van der Waals surface area contributed by atoms with E-state index >= 15 is 0 Å². The zero-order chi connectivity index (χ0) is 15.6. The summed E-state index contributed by atoms with van der Waals surface area (Å²) in [5.41, 5.74) is 2.60. The fourth-order valence-electron chi connectivity index (χ4n) is 2.07. The highest BCUT2D eigenvalue weighted by Gasteiger charge is 2.26. The molecule has 0 aliphatic carbocycles. The first-order valence-electron chi connectivity index (χ1n) is 6.32. The largest absolute Gasteiger partial charge is 0.496 e. The van der Waals surface area contributed by atoms with E-state index in [2.05, 4.69) is 22.0 Å². The number of ether oxygens (including phenoxy) is 1. The summed E-state index contributed by atoms with van der Waals surface area (Å²) in [5.74, 6) is -0.488. The molecule has 1 aromatic heterocycles. The van der Waals surface area contributed by atoms with Crippen LogP contribution in [0.15, 0.2) is 28.1 Å². The van der Waals surface area contributed by atoms with Gasteiger partial charge in [0.25, 0.3) is 0 Å². The average Bonchev–Trinajstić information content (AvgIpc) is 2.80. The number of methoxy groups -OCH3 is 1. The molecule has 0 aliphatic heterocycles. The molecule has 0 spiro atoms. The van der Waals surface area contributed by atoms with Crippen molar-refractivity contribution in [1.29, 1.82) is 5.26 Å². The summed E-state index contributed by atoms with van der Waals surface area (Å²) >= 11 is 4.76. The Kier molecular flexibility index (Phi) is 4.81. The zero-order valence-corrected chi connectivity index (χ0v) is 14.3. The fraction of sp³-hybridized carbons (Fsp3) is 0.250. The number of carbonyl (C=O) groups excluding carboxylic acids is 1. The Morgan fingerprint density at radius 3 is 2.62 bits per heavy atom. The van der Waals surface area contributed by atoms with Gasteiger partial charge in [0.15, 0.2) is 5.78 Å². The predicted octanol–water partition coefficient (Wildman–Crippen LogP) is 4.63. The molecule has 0 amide bonds. The van der Waals surface area contributed by atoms with Gasteiger partial charge in [0.1, 0.15) is 11.7 Å². The summed E-state index contributed by atoms with van der Waals surface area (Å²) in [6.07, 6.45) is 0. The first-order chi connectivity index (χ1) is 9.97. The molecule has 1 atom stereocenters. The van der Waals surface area contributed by atoms with Gasteiger partial charge in [-0.25, -0.2) is 0 Å². The van der Waals surface area contributed by atoms with Crippen LogP contribution in [0.4, 0.5) is 0 Å². The lowest BCUT2D eigenvalue weighted by Gasteiger charge is -2.13. The zero-order valence-electron chi connectivity index (χ0n) is 11.9. The van der Waals surface area contributed by atoms with Gasteiger partial charge in [-0.1, -0.05) is 17.7 Å². The molecule has 2 rings (SSSR count). The minimum absolute atomic E-state index is 0.194. The van der Waals surface area contributed by atoms with Crippen LogP contribution in [0, 0.1) is 25.2 Å². The summed E-state index contributed by atoms with van der Waals surface area (Å²) < 4.78 is 6.20. The highest BCUT2D eigenvalue weighted by molar-refractivity contribution is 9.11. The second-order valence-electron chi connectivity index (χ2n) is 4.74. The topological polar surface area (TPSA) is 50.1 Å². The number of nitrogens with zero attached hydrogens (tertiary/aromatic N) is 1. The fourth-order valence-corrected chi connectivity index (χ4v) is 3.58. The van der Waals surface area contributed by atoms with E-state index in [-0.39, 0.29) is 5.78 Å². The van der Waals surface area contributed by atoms with Crippen LogP contribution < -0.4 is 4.74 Å². The number of thiophene rings is 1. The van der Waals surface area contributed by atoms with Crippen molar-refractivity contribution in [2.24, 2.45) is 0 Å². The van der Waals surface area contributed by atoms with Crippen LogP contribution >= 0.6 is 27.3 Å². The number of carbonyl (C=O) groups is 1. The van der Waals surface area contributed by atoms with Crippen LogP contribution in [0.2, 0.25) is 0 Å². The Labute approximate surface area is 136 Å². The molecule has 0 N–H and O–H groups in total. The van der Waals surface area contributed by atoms with Gasteiger partial charge in [-0.05, 0) is 47.5 Å². The van der Waals surface area contributed by atoms with E-state index in [0.717, 1.165) is 14.9 Å². The van der Waals surface area contributed by atoms with Gasteiger partial charge in [0.2, 0.25) is 0 Å². The number of aryl methyl sites for hydroxylation is 2. The molecule has 1 aromatic carbocycles.